The number of morpholine rings is 1. The van der Waals surface area contributed by atoms with E-state index in [-0.39, 0.29) is 18.6 Å². The number of aliphatic carboxylic acids is 1. The fraction of sp³-hybridized carbons (Fsp3) is 0.909. The average Bonchev–Trinajstić information content (AvgIpc) is 2.35. The number of carbonyl (C=O) groups is 1. The summed E-state index contributed by atoms with van der Waals surface area (Å²) in [6, 6.07) is 0. The Labute approximate surface area is 114 Å². The van der Waals surface area contributed by atoms with E-state index >= 15 is 0 Å². The number of hydrogen-bond acceptors (Lipinski definition) is 5. The van der Waals surface area contributed by atoms with Gasteiger partial charge in [-0.2, -0.15) is 0 Å². The quantitative estimate of drug-likeness (QED) is 0.556. The van der Waals surface area contributed by atoms with Gasteiger partial charge in [-0.1, -0.05) is 0 Å². The minimum atomic E-state index is -3.34. The van der Waals surface area contributed by atoms with E-state index in [9.17, 15) is 13.2 Å². The zero-order valence-corrected chi connectivity index (χ0v) is 11.8. The molecule has 1 fully saturated rings. The van der Waals surface area contributed by atoms with Gasteiger partial charge in [-0.25, -0.2) is 13.1 Å². The van der Waals surface area contributed by atoms with Crippen molar-refractivity contribution in [3.63, 3.8) is 0 Å². The van der Waals surface area contributed by atoms with E-state index in [1.807, 2.05) is 0 Å². The number of nitrogens with one attached hydrogen (secondary N) is 1. The van der Waals surface area contributed by atoms with Crippen molar-refractivity contribution in [2.24, 2.45) is 0 Å². The molecule has 0 bridgehead atoms. The van der Waals surface area contributed by atoms with Crippen molar-refractivity contribution >= 4 is 16.0 Å². The molecular weight excluding hydrogens is 272 g/mol. The number of hydrogen-bond donors (Lipinski definition) is 2. The van der Waals surface area contributed by atoms with Crippen LogP contribution in [0.25, 0.3) is 0 Å². The van der Waals surface area contributed by atoms with Crippen molar-refractivity contribution in [2.75, 3.05) is 45.1 Å². The SMILES string of the molecule is O=C(O)CCCS(=O)(=O)NCCCN1CCOCC1. The Hall–Kier alpha value is -0.700. The van der Waals surface area contributed by atoms with Crippen LogP contribution < -0.4 is 4.72 Å². The van der Waals surface area contributed by atoms with E-state index in [2.05, 4.69) is 9.62 Å². The van der Waals surface area contributed by atoms with Gasteiger partial charge >= 0.3 is 5.97 Å². The highest BCUT2D eigenvalue weighted by molar-refractivity contribution is 7.89. The first-order chi connectivity index (χ1) is 8.99. The van der Waals surface area contributed by atoms with E-state index < -0.39 is 16.0 Å². The van der Waals surface area contributed by atoms with Crippen LogP contribution in [0.3, 0.4) is 0 Å². The number of sulfonamides is 1. The normalized spacial score (nSPS) is 17.5. The first-order valence-electron chi connectivity index (χ1n) is 6.49. The maximum Gasteiger partial charge on any atom is 0.303 e. The highest BCUT2D eigenvalue weighted by atomic mass is 32.2. The van der Waals surface area contributed by atoms with Gasteiger partial charge in [-0.3, -0.25) is 9.69 Å². The van der Waals surface area contributed by atoms with Gasteiger partial charge in [0, 0.05) is 26.1 Å². The molecule has 19 heavy (non-hydrogen) atoms. The largest absolute Gasteiger partial charge is 0.481 e. The standard InChI is InChI=1S/C11H22N2O5S/c14-11(15)3-1-10-19(16,17)12-4-2-5-13-6-8-18-9-7-13/h12H,1-10H2,(H,14,15). The highest BCUT2D eigenvalue weighted by Crippen LogP contribution is 1.98. The lowest BCUT2D eigenvalue weighted by Crippen LogP contribution is -2.38. The van der Waals surface area contributed by atoms with Crippen LogP contribution in [0.5, 0.6) is 0 Å². The minimum absolute atomic E-state index is 0.116. The van der Waals surface area contributed by atoms with Crippen LogP contribution in [0.4, 0.5) is 0 Å². The third-order valence-corrected chi connectivity index (χ3v) is 4.35. The van der Waals surface area contributed by atoms with Crippen molar-refractivity contribution in [3.8, 4) is 0 Å². The molecule has 0 amide bonds. The van der Waals surface area contributed by atoms with E-state index in [4.69, 9.17) is 9.84 Å². The molecule has 1 heterocycles. The van der Waals surface area contributed by atoms with Gasteiger partial charge in [0.1, 0.15) is 0 Å². The summed E-state index contributed by atoms with van der Waals surface area (Å²) in [5.74, 6) is -1.10. The molecule has 8 heteroatoms. The van der Waals surface area contributed by atoms with Crippen LogP contribution in [-0.2, 0) is 19.6 Å². The van der Waals surface area contributed by atoms with Crippen LogP contribution in [0.15, 0.2) is 0 Å². The van der Waals surface area contributed by atoms with E-state index in [0.29, 0.717) is 6.54 Å². The number of carboxylic acids is 1. The van der Waals surface area contributed by atoms with Crippen LogP contribution in [0.1, 0.15) is 19.3 Å². The summed E-state index contributed by atoms with van der Waals surface area (Å²) in [4.78, 5) is 12.5. The molecule has 0 aromatic rings. The van der Waals surface area contributed by atoms with E-state index in [0.717, 1.165) is 39.3 Å². The summed E-state index contributed by atoms with van der Waals surface area (Å²) in [6.45, 7) is 4.51. The lowest BCUT2D eigenvalue weighted by Gasteiger charge is -2.26. The Morgan fingerprint density at radius 2 is 1.95 bits per heavy atom. The molecule has 7 nitrogen and oxygen atoms in total. The van der Waals surface area contributed by atoms with Gasteiger partial charge < -0.3 is 9.84 Å². The Bertz CT molecular complexity index is 365. The van der Waals surface area contributed by atoms with Gasteiger partial charge in [0.25, 0.3) is 0 Å². The predicted octanol–water partition coefficient (Wildman–Crippen LogP) is -0.507. The maximum absolute atomic E-state index is 11.5. The number of rotatable bonds is 9. The topological polar surface area (TPSA) is 95.9 Å². The van der Waals surface area contributed by atoms with Crippen LogP contribution in [-0.4, -0.2) is 69.5 Å². The molecule has 0 radical (unpaired) electrons. The van der Waals surface area contributed by atoms with Crippen molar-refractivity contribution in [3.05, 3.63) is 0 Å². The summed E-state index contributed by atoms with van der Waals surface area (Å²) in [5, 5.41) is 8.44. The zero-order chi connectivity index (χ0) is 14.1. The third-order valence-electron chi connectivity index (χ3n) is 2.88. The van der Waals surface area contributed by atoms with Gasteiger partial charge in [0.15, 0.2) is 0 Å². The summed E-state index contributed by atoms with van der Waals surface area (Å²) < 4.78 is 30.8. The maximum atomic E-state index is 11.5. The van der Waals surface area contributed by atoms with Gasteiger partial charge in [0.2, 0.25) is 10.0 Å². The first-order valence-corrected chi connectivity index (χ1v) is 8.14. The summed E-state index contributed by atoms with van der Waals surface area (Å²) in [5.41, 5.74) is 0. The fourth-order valence-corrected chi connectivity index (χ4v) is 2.96. The molecular formula is C11H22N2O5S. The third kappa shape index (κ3) is 8.14. The Morgan fingerprint density at radius 1 is 1.26 bits per heavy atom. The molecule has 0 aromatic carbocycles. The molecule has 0 unspecified atom stereocenters. The molecule has 0 aliphatic carbocycles. The van der Waals surface area contributed by atoms with Gasteiger partial charge in [0.05, 0.1) is 19.0 Å². The number of carboxylic acid groups (broad SMARTS) is 1. The van der Waals surface area contributed by atoms with Crippen molar-refractivity contribution in [1.29, 1.82) is 0 Å². The minimum Gasteiger partial charge on any atom is -0.481 e. The molecule has 112 valence electrons. The van der Waals surface area contributed by atoms with Gasteiger partial charge in [-0.05, 0) is 19.4 Å². The Morgan fingerprint density at radius 3 is 2.58 bits per heavy atom. The Balaban J connectivity index is 2.08. The molecule has 2 N–H and O–H groups in total. The monoisotopic (exact) mass is 294 g/mol. The van der Waals surface area contributed by atoms with Crippen LogP contribution in [0, 0.1) is 0 Å². The summed E-state index contributed by atoms with van der Waals surface area (Å²) in [7, 11) is -3.34. The van der Waals surface area contributed by atoms with Crippen LogP contribution in [0.2, 0.25) is 0 Å². The van der Waals surface area contributed by atoms with E-state index in [1.54, 1.807) is 0 Å². The van der Waals surface area contributed by atoms with Gasteiger partial charge in [-0.15, -0.1) is 0 Å². The average molecular weight is 294 g/mol. The molecule has 1 saturated heterocycles. The molecule has 0 saturated carbocycles. The number of nitrogens with zero attached hydrogens (tertiary/aromatic N) is 1. The Kier molecular flexibility index (Phi) is 7.29. The predicted molar refractivity (Wildman–Crippen MR) is 70.5 cm³/mol. The molecule has 0 aromatic heterocycles. The van der Waals surface area contributed by atoms with Crippen molar-refractivity contribution in [2.45, 2.75) is 19.3 Å². The van der Waals surface area contributed by atoms with Crippen molar-refractivity contribution < 1.29 is 23.1 Å². The summed E-state index contributed by atoms with van der Waals surface area (Å²) >= 11 is 0. The second-order valence-corrected chi connectivity index (χ2v) is 6.44. The fourth-order valence-electron chi connectivity index (χ4n) is 1.84. The lowest BCUT2D eigenvalue weighted by molar-refractivity contribution is -0.137. The van der Waals surface area contributed by atoms with Crippen molar-refractivity contribution in [1.82, 2.24) is 9.62 Å². The zero-order valence-electron chi connectivity index (χ0n) is 11.0. The molecule has 0 spiro atoms. The lowest BCUT2D eigenvalue weighted by atomic mass is 10.3. The van der Waals surface area contributed by atoms with E-state index in [1.165, 1.54) is 0 Å². The first kappa shape index (κ1) is 16.4. The van der Waals surface area contributed by atoms with Crippen LogP contribution >= 0.6 is 0 Å². The summed E-state index contributed by atoms with van der Waals surface area (Å²) in [6.07, 6.45) is 0.779. The second kappa shape index (κ2) is 8.47. The molecule has 1 aliphatic heterocycles. The number of ether oxygens (including phenoxy) is 1. The second-order valence-electron chi connectivity index (χ2n) is 4.52. The highest BCUT2D eigenvalue weighted by Gasteiger charge is 2.12. The molecule has 1 rings (SSSR count). The molecule has 0 atom stereocenters. The molecule has 1 aliphatic rings. The smallest absolute Gasteiger partial charge is 0.303 e.